The van der Waals surface area contributed by atoms with Gasteiger partial charge in [-0.3, -0.25) is 0 Å². The molecule has 0 aliphatic carbocycles. The average Bonchev–Trinajstić information content (AvgIpc) is 2.36. The summed E-state index contributed by atoms with van der Waals surface area (Å²) >= 11 is 5.80. The fourth-order valence-corrected chi connectivity index (χ4v) is 1.92. The van der Waals surface area contributed by atoms with Crippen molar-refractivity contribution in [1.29, 1.82) is 0 Å². The van der Waals surface area contributed by atoms with E-state index in [9.17, 15) is 4.39 Å². The number of rotatable bonds is 4. The number of halogens is 2. The predicted molar refractivity (Wildman–Crippen MR) is 77.3 cm³/mol. The molecule has 1 aromatic heterocycles. The van der Waals surface area contributed by atoms with Crippen molar-refractivity contribution >= 4 is 23.1 Å². The number of hydrogen-bond acceptors (Lipinski definition) is 3. The lowest BCUT2D eigenvalue weighted by Gasteiger charge is -2.12. The fourth-order valence-electron chi connectivity index (χ4n) is 1.67. The summed E-state index contributed by atoms with van der Waals surface area (Å²) in [6.07, 6.45) is 1.75. The summed E-state index contributed by atoms with van der Waals surface area (Å²) in [7, 11) is 3.87. The van der Waals surface area contributed by atoms with Crippen molar-refractivity contribution in [1.82, 2.24) is 4.98 Å². The summed E-state index contributed by atoms with van der Waals surface area (Å²) in [5.41, 5.74) is 1.67. The number of hydrogen-bond donors (Lipinski definition) is 1. The van der Waals surface area contributed by atoms with Crippen molar-refractivity contribution in [2.45, 2.75) is 6.54 Å². The Morgan fingerprint density at radius 3 is 2.63 bits per heavy atom. The molecule has 19 heavy (non-hydrogen) atoms. The van der Waals surface area contributed by atoms with Crippen molar-refractivity contribution in [3.05, 3.63) is 52.9 Å². The normalized spacial score (nSPS) is 10.3. The maximum atomic E-state index is 13.2. The summed E-state index contributed by atoms with van der Waals surface area (Å²) in [6, 6.07) is 8.34. The molecule has 0 saturated carbocycles. The van der Waals surface area contributed by atoms with Crippen LogP contribution in [-0.4, -0.2) is 19.1 Å². The van der Waals surface area contributed by atoms with Crippen LogP contribution in [0.3, 0.4) is 0 Å². The lowest BCUT2D eigenvalue weighted by atomic mass is 10.2. The Kier molecular flexibility index (Phi) is 4.22. The highest BCUT2D eigenvalue weighted by Crippen LogP contribution is 2.16. The first-order valence-corrected chi connectivity index (χ1v) is 6.24. The molecule has 0 aliphatic rings. The Hall–Kier alpha value is -1.81. The van der Waals surface area contributed by atoms with Gasteiger partial charge >= 0.3 is 0 Å². The SMILES string of the molecule is CN(C)c1ccc(NCc2cc(F)cc(Cl)c2)cn1. The molecule has 0 aliphatic heterocycles. The predicted octanol–water partition coefficient (Wildman–Crippen LogP) is 3.55. The van der Waals surface area contributed by atoms with E-state index in [1.165, 1.54) is 12.1 Å². The molecule has 0 saturated heterocycles. The zero-order valence-electron chi connectivity index (χ0n) is 10.8. The Bertz CT molecular complexity index is 535. The van der Waals surface area contributed by atoms with E-state index in [0.717, 1.165) is 17.1 Å². The van der Waals surface area contributed by atoms with Gasteiger partial charge in [-0.25, -0.2) is 9.37 Å². The van der Waals surface area contributed by atoms with E-state index < -0.39 is 0 Å². The maximum absolute atomic E-state index is 13.2. The number of aromatic nitrogens is 1. The molecule has 0 amide bonds. The molecule has 1 aromatic carbocycles. The molecular weight excluding hydrogens is 265 g/mol. The Balaban J connectivity index is 2.02. The van der Waals surface area contributed by atoms with Crippen LogP contribution in [0.2, 0.25) is 5.02 Å². The maximum Gasteiger partial charge on any atom is 0.128 e. The first-order valence-electron chi connectivity index (χ1n) is 5.87. The van der Waals surface area contributed by atoms with Crippen LogP contribution in [0.5, 0.6) is 0 Å². The van der Waals surface area contributed by atoms with E-state index >= 15 is 0 Å². The topological polar surface area (TPSA) is 28.2 Å². The Morgan fingerprint density at radius 1 is 1.26 bits per heavy atom. The van der Waals surface area contributed by atoms with Gasteiger partial charge in [-0.2, -0.15) is 0 Å². The first kappa shape index (κ1) is 13.6. The van der Waals surface area contributed by atoms with E-state index in [4.69, 9.17) is 11.6 Å². The van der Waals surface area contributed by atoms with Gasteiger partial charge in [0.2, 0.25) is 0 Å². The number of anilines is 2. The summed E-state index contributed by atoms with van der Waals surface area (Å²) in [6.45, 7) is 0.500. The molecule has 0 unspecified atom stereocenters. The third kappa shape index (κ3) is 3.83. The molecule has 2 aromatic rings. The molecule has 0 bridgehead atoms. The zero-order valence-corrected chi connectivity index (χ0v) is 11.6. The van der Waals surface area contributed by atoms with Crippen LogP contribution in [0.1, 0.15) is 5.56 Å². The van der Waals surface area contributed by atoms with Crippen LogP contribution in [0.15, 0.2) is 36.5 Å². The zero-order chi connectivity index (χ0) is 13.8. The highest BCUT2D eigenvalue weighted by molar-refractivity contribution is 6.30. The van der Waals surface area contributed by atoms with Gasteiger partial charge in [0.15, 0.2) is 0 Å². The lowest BCUT2D eigenvalue weighted by Crippen LogP contribution is -2.10. The molecule has 0 radical (unpaired) electrons. The number of pyridine rings is 1. The molecule has 3 nitrogen and oxygen atoms in total. The summed E-state index contributed by atoms with van der Waals surface area (Å²) in [4.78, 5) is 6.22. The Morgan fingerprint density at radius 2 is 2.05 bits per heavy atom. The van der Waals surface area contributed by atoms with E-state index in [2.05, 4.69) is 10.3 Å². The van der Waals surface area contributed by atoms with E-state index in [-0.39, 0.29) is 5.82 Å². The average molecular weight is 280 g/mol. The van der Waals surface area contributed by atoms with Crippen LogP contribution in [-0.2, 0) is 6.54 Å². The van der Waals surface area contributed by atoms with Gasteiger partial charge in [0.05, 0.1) is 11.9 Å². The monoisotopic (exact) mass is 279 g/mol. The van der Waals surface area contributed by atoms with Gasteiger partial charge in [-0.05, 0) is 35.9 Å². The van der Waals surface area contributed by atoms with E-state index in [1.807, 2.05) is 31.1 Å². The minimum Gasteiger partial charge on any atom is -0.380 e. The van der Waals surface area contributed by atoms with Gasteiger partial charge in [-0.1, -0.05) is 11.6 Å². The molecule has 0 fully saturated rings. The highest BCUT2D eigenvalue weighted by atomic mass is 35.5. The van der Waals surface area contributed by atoms with Gasteiger partial charge in [0, 0.05) is 25.7 Å². The smallest absolute Gasteiger partial charge is 0.128 e. The number of nitrogens with zero attached hydrogens (tertiary/aromatic N) is 2. The van der Waals surface area contributed by atoms with Crippen molar-refractivity contribution in [3.8, 4) is 0 Å². The summed E-state index contributed by atoms with van der Waals surface area (Å²) < 4.78 is 13.2. The van der Waals surface area contributed by atoms with Gasteiger partial charge in [0.25, 0.3) is 0 Å². The molecule has 0 spiro atoms. The van der Waals surface area contributed by atoms with Crippen LogP contribution in [0.25, 0.3) is 0 Å². The second-order valence-corrected chi connectivity index (χ2v) is 4.87. The van der Waals surface area contributed by atoms with E-state index in [1.54, 1.807) is 12.3 Å². The van der Waals surface area contributed by atoms with Crippen LogP contribution >= 0.6 is 11.6 Å². The molecule has 1 heterocycles. The molecule has 1 N–H and O–H groups in total. The number of nitrogens with one attached hydrogen (secondary N) is 1. The van der Waals surface area contributed by atoms with Crippen molar-refractivity contribution in [2.24, 2.45) is 0 Å². The van der Waals surface area contributed by atoms with Crippen molar-refractivity contribution in [2.75, 3.05) is 24.3 Å². The first-order chi connectivity index (χ1) is 9.04. The van der Waals surface area contributed by atoms with Gasteiger partial charge < -0.3 is 10.2 Å². The number of benzene rings is 1. The minimum atomic E-state index is -0.328. The minimum absolute atomic E-state index is 0.328. The molecule has 5 heteroatoms. The summed E-state index contributed by atoms with van der Waals surface area (Å²) in [5.74, 6) is 0.560. The molecule has 0 atom stereocenters. The van der Waals surface area contributed by atoms with E-state index in [0.29, 0.717) is 11.6 Å². The van der Waals surface area contributed by atoms with Crippen LogP contribution in [0, 0.1) is 5.82 Å². The highest BCUT2D eigenvalue weighted by Gasteiger charge is 2.01. The molecule has 100 valence electrons. The van der Waals surface area contributed by atoms with Crippen LogP contribution < -0.4 is 10.2 Å². The Labute approximate surface area is 117 Å². The second kappa shape index (κ2) is 5.89. The third-order valence-corrected chi connectivity index (χ3v) is 2.84. The lowest BCUT2D eigenvalue weighted by molar-refractivity contribution is 0.626. The molecule has 2 rings (SSSR count). The quantitative estimate of drug-likeness (QED) is 0.928. The second-order valence-electron chi connectivity index (χ2n) is 4.43. The van der Waals surface area contributed by atoms with Crippen molar-refractivity contribution < 1.29 is 4.39 Å². The van der Waals surface area contributed by atoms with Gasteiger partial charge in [-0.15, -0.1) is 0 Å². The molecular formula is C14H15ClFN3. The van der Waals surface area contributed by atoms with Crippen LogP contribution in [0.4, 0.5) is 15.9 Å². The largest absolute Gasteiger partial charge is 0.380 e. The van der Waals surface area contributed by atoms with Crippen molar-refractivity contribution in [3.63, 3.8) is 0 Å². The third-order valence-electron chi connectivity index (χ3n) is 2.63. The standard InChI is InChI=1S/C14H15ClFN3/c1-19(2)14-4-3-13(9-18-14)17-8-10-5-11(15)7-12(16)6-10/h3-7,9,17H,8H2,1-2H3. The van der Waals surface area contributed by atoms with Gasteiger partial charge in [0.1, 0.15) is 11.6 Å². The summed E-state index contributed by atoms with van der Waals surface area (Å²) in [5, 5.41) is 3.58. The fraction of sp³-hybridized carbons (Fsp3) is 0.214.